The molecule has 1 aliphatic rings. The van der Waals surface area contributed by atoms with Gasteiger partial charge in [-0.1, -0.05) is 29.8 Å². The van der Waals surface area contributed by atoms with Gasteiger partial charge in [0.05, 0.1) is 6.10 Å². The molecule has 1 heterocycles. The van der Waals surface area contributed by atoms with Gasteiger partial charge in [0.25, 0.3) is 0 Å². The van der Waals surface area contributed by atoms with Gasteiger partial charge in [0.15, 0.2) is 0 Å². The minimum atomic E-state index is -0.214. The molecule has 0 amide bonds. The third-order valence-corrected chi connectivity index (χ3v) is 3.37. The molecular weight excluding hydrogens is 230 g/mol. The summed E-state index contributed by atoms with van der Waals surface area (Å²) in [7, 11) is 0. The van der Waals surface area contributed by atoms with Gasteiger partial charge in [-0.15, -0.1) is 0 Å². The van der Waals surface area contributed by atoms with Crippen LogP contribution in [0.25, 0.3) is 0 Å². The van der Waals surface area contributed by atoms with Crippen molar-refractivity contribution in [2.45, 2.75) is 32.8 Å². The zero-order valence-electron chi connectivity index (χ0n) is 8.59. The van der Waals surface area contributed by atoms with Gasteiger partial charge in [-0.05, 0) is 24.8 Å². The molecule has 1 rings (SSSR count). The first-order valence-corrected chi connectivity index (χ1v) is 6.12. The van der Waals surface area contributed by atoms with E-state index in [2.05, 4.69) is 34.7 Å². The van der Waals surface area contributed by atoms with E-state index >= 15 is 0 Å². The summed E-state index contributed by atoms with van der Waals surface area (Å²) in [6.07, 6.45) is 2.37. The van der Waals surface area contributed by atoms with Crippen molar-refractivity contribution in [1.82, 2.24) is 4.90 Å². The average Bonchev–Trinajstić information content (AvgIpc) is 2.02. The van der Waals surface area contributed by atoms with Crippen LogP contribution in [0.15, 0.2) is 0 Å². The maximum Gasteiger partial charge on any atom is 0.0763 e. The Hall–Kier alpha value is 0.400. The second-order valence-electron chi connectivity index (χ2n) is 4.81. The Morgan fingerprint density at radius 1 is 1.54 bits per heavy atom. The van der Waals surface area contributed by atoms with E-state index in [0.717, 1.165) is 19.6 Å². The number of β-amino-alcohol motifs (C(OH)–C–C–N with tert-alkyl or cyclic N) is 1. The van der Waals surface area contributed by atoms with Crippen molar-refractivity contribution in [3.05, 3.63) is 0 Å². The van der Waals surface area contributed by atoms with Crippen LogP contribution in [0.3, 0.4) is 0 Å². The van der Waals surface area contributed by atoms with Crippen molar-refractivity contribution in [1.29, 1.82) is 0 Å². The largest absolute Gasteiger partial charge is 0.391 e. The molecule has 1 fully saturated rings. The third-order valence-electron chi connectivity index (χ3n) is 2.63. The molecule has 1 aliphatic heterocycles. The molecule has 0 bridgehead atoms. The topological polar surface area (TPSA) is 23.5 Å². The van der Waals surface area contributed by atoms with Crippen LogP contribution in [0, 0.1) is 5.41 Å². The Labute approximate surface area is 89.4 Å². The second-order valence-corrected chi connectivity index (χ2v) is 5.46. The van der Waals surface area contributed by atoms with E-state index < -0.39 is 0 Å². The lowest BCUT2D eigenvalue weighted by atomic mass is 9.84. The fraction of sp³-hybridized carbons (Fsp3) is 1.00. The summed E-state index contributed by atoms with van der Waals surface area (Å²) >= 11 is 3.29. The van der Waals surface area contributed by atoms with E-state index in [1.807, 2.05) is 0 Å². The van der Waals surface area contributed by atoms with Gasteiger partial charge in [-0.2, -0.15) is 0 Å². The highest BCUT2D eigenvalue weighted by Crippen LogP contribution is 2.28. The predicted molar refractivity (Wildman–Crippen MR) is 59.3 cm³/mol. The van der Waals surface area contributed by atoms with Crippen LogP contribution in [-0.2, 0) is 0 Å². The fourth-order valence-electron chi connectivity index (χ4n) is 2.05. The highest BCUT2D eigenvalue weighted by Gasteiger charge is 2.26. The van der Waals surface area contributed by atoms with Crippen LogP contribution in [-0.4, -0.2) is 41.1 Å². The summed E-state index contributed by atoms with van der Waals surface area (Å²) in [4.78, 5) is 2.37. The zero-order chi connectivity index (χ0) is 9.90. The maximum atomic E-state index is 9.49. The minimum absolute atomic E-state index is 0.214. The van der Waals surface area contributed by atoms with Crippen LogP contribution in [0.2, 0.25) is 0 Å². The van der Waals surface area contributed by atoms with E-state index in [4.69, 9.17) is 0 Å². The number of likely N-dealkylation sites (tertiary alicyclic amines) is 1. The summed E-state index contributed by atoms with van der Waals surface area (Å²) in [5.41, 5.74) is 0.435. The smallest absolute Gasteiger partial charge is 0.0763 e. The van der Waals surface area contributed by atoms with Crippen molar-refractivity contribution in [2.24, 2.45) is 5.41 Å². The van der Waals surface area contributed by atoms with Gasteiger partial charge in [0.1, 0.15) is 0 Å². The molecular formula is C10H20BrNO. The minimum Gasteiger partial charge on any atom is -0.391 e. The molecule has 1 unspecified atom stereocenters. The lowest BCUT2D eigenvalue weighted by Gasteiger charge is -2.38. The van der Waals surface area contributed by atoms with Crippen LogP contribution in [0.1, 0.15) is 26.7 Å². The maximum absolute atomic E-state index is 9.49. The summed E-state index contributed by atoms with van der Waals surface area (Å²) in [6.45, 7) is 7.69. The van der Waals surface area contributed by atoms with E-state index in [-0.39, 0.29) is 6.10 Å². The van der Waals surface area contributed by atoms with Crippen molar-refractivity contribution >= 4 is 15.9 Å². The van der Waals surface area contributed by atoms with E-state index in [1.165, 1.54) is 12.8 Å². The van der Waals surface area contributed by atoms with Gasteiger partial charge < -0.3 is 10.0 Å². The van der Waals surface area contributed by atoms with Gasteiger partial charge in [-0.25, -0.2) is 0 Å². The number of piperidine rings is 1. The standard InChI is InChI=1S/C10H20BrNO/c1-10(2)4-3-5-12(8-10)7-9(13)6-11/h9,13H,3-8H2,1-2H3. The first-order chi connectivity index (χ1) is 6.03. The van der Waals surface area contributed by atoms with Gasteiger partial charge >= 0.3 is 0 Å². The molecule has 1 atom stereocenters. The van der Waals surface area contributed by atoms with Crippen LogP contribution < -0.4 is 0 Å². The van der Waals surface area contributed by atoms with Crippen molar-refractivity contribution in [3.63, 3.8) is 0 Å². The summed E-state index contributed by atoms with van der Waals surface area (Å²) in [5, 5.41) is 10.2. The number of hydrogen-bond acceptors (Lipinski definition) is 2. The molecule has 0 aromatic carbocycles. The van der Waals surface area contributed by atoms with Crippen molar-refractivity contribution in [2.75, 3.05) is 25.0 Å². The molecule has 0 spiro atoms. The van der Waals surface area contributed by atoms with E-state index in [9.17, 15) is 5.11 Å². The molecule has 0 aliphatic carbocycles. The Balaban J connectivity index is 2.34. The van der Waals surface area contributed by atoms with Crippen molar-refractivity contribution < 1.29 is 5.11 Å². The normalized spacial score (nSPS) is 25.8. The Bertz CT molecular complexity index is 161. The molecule has 13 heavy (non-hydrogen) atoms. The SMILES string of the molecule is CC1(C)CCCN(CC(O)CBr)C1. The molecule has 1 N–H and O–H groups in total. The number of halogens is 1. The number of aliphatic hydroxyl groups excluding tert-OH is 1. The van der Waals surface area contributed by atoms with E-state index in [1.54, 1.807) is 0 Å². The molecule has 0 saturated carbocycles. The Morgan fingerprint density at radius 3 is 2.77 bits per heavy atom. The second kappa shape index (κ2) is 4.76. The van der Waals surface area contributed by atoms with Gasteiger partial charge in [0, 0.05) is 18.4 Å². The van der Waals surface area contributed by atoms with Crippen LogP contribution in [0.5, 0.6) is 0 Å². The molecule has 3 heteroatoms. The van der Waals surface area contributed by atoms with Crippen molar-refractivity contribution in [3.8, 4) is 0 Å². The lowest BCUT2D eigenvalue weighted by molar-refractivity contribution is 0.0697. The summed E-state index contributed by atoms with van der Waals surface area (Å²) < 4.78 is 0. The highest BCUT2D eigenvalue weighted by molar-refractivity contribution is 9.09. The quantitative estimate of drug-likeness (QED) is 0.773. The summed E-state index contributed by atoms with van der Waals surface area (Å²) in [5.74, 6) is 0. The van der Waals surface area contributed by atoms with Crippen LogP contribution >= 0.6 is 15.9 Å². The van der Waals surface area contributed by atoms with E-state index in [0.29, 0.717) is 10.7 Å². The molecule has 0 aromatic heterocycles. The van der Waals surface area contributed by atoms with Crippen LogP contribution in [0.4, 0.5) is 0 Å². The Kier molecular flexibility index (Phi) is 4.20. The number of nitrogens with zero attached hydrogens (tertiary/aromatic N) is 1. The molecule has 78 valence electrons. The Morgan fingerprint density at radius 2 is 2.23 bits per heavy atom. The summed E-state index contributed by atoms with van der Waals surface area (Å²) in [6, 6.07) is 0. The number of alkyl halides is 1. The fourth-order valence-corrected chi connectivity index (χ4v) is 2.25. The zero-order valence-corrected chi connectivity index (χ0v) is 10.2. The third kappa shape index (κ3) is 3.96. The molecule has 0 radical (unpaired) electrons. The van der Waals surface area contributed by atoms with Gasteiger partial charge in [0.2, 0.25) is 0 Å². The number of aliphatic hydroxyl groups is 1. The predicted octanol–water partition coefficient (Wildman–Crippen LogP) is 1.86. The van der Waals surface area contributed by atoms with Gasteiger partial charge in [-0.3, -0.25) is 0 Å². The molecule has 0 aromatic rings. The average molecular weight is 250 g/mol. The monoisotopic (exact) mass is 249 g/mol. The first kappa shape index (κ1) is 11.5. The lowest BCUT2D eigenvalue weighted by Crippen LogP contribution is -2.43. The number of hydrogen-bond donors (Lipinski definition) is 1. The molecule has 2 nitrogen and oxygen atoms in total. The molecule has 1 saturated heterocycles. The number of rotatable bonds is 3. The first-order valence-electron chi connectivity index (χ1n) is 5.00. The highest BCUT2D eigenvalue weighted by atomic mass is 79.9.